The Morgan fingerprint density at radius 3 is 1.78 bits per heavy atom. The predicted octanol–water partition coefficient (Wildman–Crippen LogP) is 1.80. The van der Waals surface area contributed by atoms with E-state index in [1.165, 1.54) is 24.3 Å². The summed E-state index contributed by atoms with van der Waals surface area (Å²) in [7, 11) is 0. The van der Waals surface area contributed by atoms with E-state index in [1.807, 2.05) is 0 Å². The van der Waals surface area contributed by atoms with E-state index in [1.54, 1.807) is 24.3 Å². The van der Waals surface area contributed by atoms with Gasteiger partial charge in [0.1, 0.15) is 6.17 Å². The summed E-state index contributed by atoms with van der Waals surface area (Å²) < 4.78 is 0. The number of hydrogen-bond acceptors (Lipinski definition) is 7. The van der Waals surface area contributed by atoms with E-state index < -0.39 is 28.0 Å². The topological polar surface area (TPSA) is 139 Å². The van der Waals surface area contributed by atoms with Crippen LogP contribution < -0.4 is 5.32 Å². The van der Waals surface area contributed by atoms with Crippen LogP contribution in [-0.2, 0) is 17.6 Å². The lowest BCUT2D eigenvalue weighted by Crippen LogP contribution is -2.37. The summed E-state index contributed by atoms with van der Waals surface area (Å²) in [4.78, 5) is 32.6. The maximum Gasteiger partial charge on any atom is 0.269 e. The number of nitro benzene ring substituents is 2. The summed E-state index contributed by atoms with van der Waals surface area (Å²) in [5, 5.41) is 35.1. The minimum atomic E-state index is -0.667. The number of nitrogens with zero attached hydrogens (tertiary/aromatic N) is 3. The molecule has 1 heterocycles. The van der Waals surface area contributed by atoms with Crippen molar-refractivity contribution in [3.05, 3.63) is 79.9 Å². The van der Waals surface area contributed by atoms with Gasteiger partial charge >= 0.3 is 0 Å². The molecule has 27 heavy (non-hydrogen) atoms. The number of nitrogens with one attached hydrogen (secondary N) is 1. The van der Waals surface area contributed by atoms with Gasteiger partial charge in [0.15, 0.2) is 0 Å². The Morgan fingerprint density at radius 1 is 0.889 bits per heavy atom. The molecule has 140 valence electrons. The molecule has 1 saturated heterocycles. The fourth-order valence-corrected chi connectivity index (χ4v) is 2.95. The van der Waals surface area contributed by atoms with E-state index in [9.17, 15) is 30.2 Å². The zero-order valence-corrected chi connectivity index (χ0v) is 14.0. The van der Waals surface area contributed by atoms with E-state index in [2.05, 4.69) is 5.32 Å². The van der Waals surface area contributed by atoms with Crippen LogP contribution in [0.1, 0.15) is 11.1 Å². The Kier molecular flexibility index (Phi) is 5.10. The summed E-state index contributed by atoms with van der Waals surface area (Å²) in [6.45, 7) is 0. The van der Waals surface area contributed by atoms with Crippen molar-refractivity contribution in [1.29, 1.82) is 0 Å². The van der Waals surface area contributed by atoms with Gasteiger partial charge in [-0.25, -0.2) is 5.06 Å². The molecule has 1 fully saturated rings. The van der Waals surface area contributed by atoms with Gasteiger partial charge in [-0.1, -0.05) is 24.3 Å². The maximum atomic E-state index is 12.2. The molecule has 0 spiro atoms. The van der Waals surface area contributed by atoms with Crippen molar-refractivity contribution in [1.82, 2.24) is 10.4 Å². The first kappa shape index (κ1) is 18.4. The van der Waals surface area contributed by atoms with Gasteiger partial charge in [0.05, 0.1) is 15.9 Å². The molecule has 10 nitrogen and oxygen atoms in total. The standard InChI is InChI=1S/C17H16N4O6/c22-17-15(9-11-1-5-13(6-2-11)20(24)25)18-16(19(17)23)10-12-3-7-14(8-4-12)21(26)27/h1-8,15-16,18,23H,9-10H2. The van der Waals surface area contributed by atoms with Gasteiger partial charge in [0.25, 0.3) is 17.3 Å². The summed E-state index contributed by atoms with van der Waals surface area (Å²) in [6.07, 6.45) is -0.122. The summed E-state index contributed by atoms with van der Waals surface area (Å²) >= 11 is 0. The molecule has 0 radical (unpaired) electrons. The van der Waals surface area contributed by atoms with Crippen LogP contribution in [0.4, 0.5) is 11.4 Å². The molecule has 0 bridgehead atoms. The molecular weight excluding hydrogens is 356 g/mol. The number of benzene rings is 2. The lowest BCUT2D eigenvalue weighted by Gasteiger charge is -2.17. The van der Waals surface area contributed by atoms with Crippen molar-refractivity contribution < 1.29 is 19.8 Å². The van der Waals surface area contributed by atoms with Crippen LogP contribution in [0.5, 0.6) is 0 Å². The predicted molar refractivity (Wildman–Crippen MR) is 92.9 cm³/mol. The first-order valence-corrected chi connectivity index (χ1v) is 8.10. The molecule has 3 rings (SSSR count). The molecule has 0 aliphatic carbocycles. The van der Waals surface area contributed by atoms with Crippen molar-refractivity contribution in [3.63, 3.8) is 0 Å². The highest BCUT2D eigenvalue weighted by molar-refractivity contribution is 5.83. The molecule has 2 unspecified atom stereocenters. The molecule has 2 N–H and O–H groups in total. The minimum absolute atomic E-state index is 0.0360. The van der Waals surface area contributed by atoms with Crippen molar-refractivity contribution in [2.24, 2.45) is 0 Å². The first-order chi connectivity index (χ1) is 12.8. The summed E-state index contributed by atoms with van der Waals surface area (Å²) in [5.41, 5.74) is 1.37. The van der Waals surface area contributed by atoms with Crippen molar-refractivity contribution in [2.45, 2.75) is 25.0 Å². The van der Waals surface area contributed by atoms with Gasteiger partial charge < -0.3 is 0 Å². The number of non-ortho nitro benzene ring substituents is 2. The van der Waals surface area contributed by atoms with Gasteiger partial charge in [-0.15, -0.1) is 0 Å². The van der Waals surface area contributed by atoms with E-state index in [-0.39, 0.29) is 24.2 Å². The summed E-state index contributed by atoms with van der Waals surface area (Å²) in [5.74, 6) is -0.500. The number of carbonyl (C=O) groups excluding carboxylic acids is 1. The quantitative estimate of drug-likeness (QED) is 0.448. The largest absolute Gasteiger partial charge is 0.284 e. The Balaban J connectivity index is 1.65. The summed E-state index contributed by atoms with van der Waals surface area (Å²) in [6, 6.07) is 11.1. The maximum absolute atomic E-state index is 12.2. The number of carbonyl (C=O) groups is 1. The third-order valence-electron chi connectivity index (χ3n) is 4.38. The van der Waals surface area contributed by atoms with Crippen LogP contribution in [0.25, 0.3) is 0 Å². The highest BCUT2D eigenvalue weighted by Crippen LogP contribution is 2.20. The van der Waals surface area contributed by atoms with Crippen LogP contribution in [0, 0.1) is 20.2 Å². The van der Waals surface area contributed by atoms with Crippen LogP contribution >= 0.6 is 0 Å². The molecule has 1 aliphatic heterocycles. The normalized spacial score (nSPS) is 19.3. The van der Waals surface area contributed by atoms with Gasteiger partial charge in [0, 0.05) is 30.7 Å². The molecule has 1 aliphatic rings. The highest BCUT2D eigenvalue weighted by Gasteiger charge is 2.38. The number of amides is 1. The molecule has 2 atom stereocenters. The zero-order chi connectivity index (χ0) is 19.6. The second-order valence-corrected chi connectivity index (χ2v) is 6.17. The Morgan fingerprint density at radius 2 is 1.33 bits per heavy atom. The van der Waals surface area contributed by atoms with Crippen LogP contribution in [-0.4, -0.2) is 38.2 Å². The van der Waals surface area contributed by atoms with E-state index in [4.69, 9.17) is 0 Å². The molecule has 2 aromatic rings. The SMILES string of the molecule is O=C1C(Cc2ccc([N+](=O)[O-])cc2)NC(Cc2ccc([N+](=O)[O-])cc2)N1O. The number of hydroxylamine groups is 2. The molecule has 2 aromatic carbocycles. The molecule has 10 heteroatoms. The van der Waals surface area contributed by atoms with E-state index in [0.29, 0.717) is 5.06 Å². The second kappa shape index (κ2) is 7.48. The Bertz CT molecular complexity index is 868. The minimum Gasteiger partial charge on any atom is -0.284 e. The van der Waals surface area contributed by atoms with Crippen molar-refractivity contribution in [3.8, 4) is 0 Å². The monoisotopic (exact) mass is 372 g/mol. The van der Waals surface area contributed by atoms with Crippen LogP contribution in [0.15, 0.2) is 48.5 Å². The second-order valence-electron chi connectivity index (χ2n) is 6.17. The number of nitro groups is 2. The lowest BCUT2D eigenvalue weighted by atomic mass is 10.1. The number of rotatable bonds is 6. The van der Waals surface area contributed by atoms with Crippen LogP contribution in [0.2, 0.25) is 0 Å². The van der Waals surface area contributed by atoms with Gasteiger partial charge in [0.2, 0.25) is 0 Å². The van der Waals surface area contributed by atoms with Crippen molar-refractivity contribution >= 4 is 17.3 Å². The zero-order valence-electron chi connectivity index (χ0n) is 14.0. The third kappa shape index (κ3) is 4.07. The highest BCUT2D eigenvalue weighted by atomic mass is 16.6. The molecular formula is C17H16N4O6. The average molecular weight is 372 g/mol. The Labute approximate surface area is 153 Å². The van der Waals surface area contributed by atoms with E-state index in [0.717, 1.165) is 11.1 Å². The van der Waals surface area contributed by atoms with Gasteiger partial charge in [-0.2, -0.15) is 0 Å². The molecule has 0 aromatic heterocycles. The number of hydrogen-bond donors (Lipinski definition) is 2. The molecule has 1 amide bonds. The fraction of sp³-hybridized carbons (Fsp3) is 0.235. The van der Waals surface area contributed by atoms with Gasteiger partial charge in [-0.3, -0.25) is 35.5 Å². The third-order valence-corrected chi connectivity index (χ3v) is 4.38. The average Bonchev–Trinajstić information content (AvgIpc) is 2.90. The smallest absolute Gasteiger partial charge is 0.269 e. The van der Waals surface area contributed by atoms with Gasteiger partial charge in [-0.05, 0) is 17.5 Å². The first-order valence-electron chi connectivity index (χ1n) is 8.10. The van der Waals surface area contributed by atoms with Crippen LogP contribution in [0.3, 0.4) is 0 Å². The fourth-order valence-electron chi connectivity index (χ4n) is 2.95. The van der Waals surface area contributed by atoms with Crippen molar-refractivity contribution in [2.75, 3.05) is 0 Å². The lowest BCUT2D eigenvalue weighted by molar-refractivity contribution is -0.385. The Hall–Kier alpha value is -3.37. The van der Waals surface area contributed by atoms with E-state index >= 15 is 0 Å². The molecule has 0 saturated carbocycles.